The van der Waals surface area contributed by atoms with E-state index in [1.54, 1.807) is 17.2 Å². The van der Waals surface area contributed by atoms with Gasteiger partial charge in [-0.1, -0.05) is 32.0 Å². The summed E-state index contributed by atoms with van der Waals surface area (Å²) in [7, 11) is 0. The number of carbonyl (C=O) groups is 1. The number of benzene rings is 1. The van der Waals surface area contributed by atoms with E-state index in [4.69, 9.17) is 9.84 Å². The van der Waals surface area contributed by atoms with E-state index in [0.717, 1.165) is 22.6 Å². The lowest BCUT2D eigenvalue weighted by Gasteiger charge is -2.23. The molecule has 8 nitrogen and oxygen atoms in total. The number of hydrogen-bond donors (Lipinski definition) is 1. The smallest absolute Gasteiger partial charge is 0.415 e. The number of cyclic esters (lactones) is 1. The predicted octanol–water partition coefficient (Wildman–Crippen LogP) is 4.43. The predicted molar refractivity (Wildman–Crippen MR) is 120 cm³/mol. The molecule has 3 heterocycles. The van der Waals surface area contributed by atoms with Crippen molar-refractivity contribution in [3.63, 3.8) is 0 Å². The quantitative estimate of drug-likeness (QED) is 0.635. The number of hydrogen-bond acceptors (Lipinski definition) is 6. The minimum Gasteiger partial charge on any atom is -0.447 e. The number of aromatic nitrogens is 4. The van der Waals surface area contributed by atoms with E-state index in [2.05, 4.69) is 43.0 Å². The Morgan fingerprint density at radius 3 is 2.58 bits per heavy atom. The molecule has 162 valence electrons. The molecule has 3 aromatic rings. The van der Waals surface area contributed by atoms with Gasteiger partial charge >= 0.3 is 6.09 Å². The van der Waals surface area contributed by atoms with E-state index < -0.39 is 0 Å². The summed E-state index contributed by atoms with van der Waals surface area (Å²) in [4.78, 5) is 22.9. The third-order valence-corrected chi connectivity index (χ3v) is 5.69. The highest BCUT2D eigenvalue weighted by Gasteiger charge is 2.37. The monoisotopic (exact) mass is 420 g/mol. The second-order valence-electron chi connectivity index (χ2n) is 8.19. The molecule has 1 amide bonds. The van der Waals surface area contributed by atoms with Crippen LogP contribution in [0.15, 0.2) is 42.6 Å². The number of anilines is 2. The summed E-state index contributed by atoms with van der Waals surface area (Å²) in [6, 6.07) is 11.7. The summed E-state index contributed by atoms with van der Waals surface area (Å²) in [5.74, 6) is 1.25. The third kappa shape index (κ3) is 3.97. The number of nitrogens with zero attached hydrogens (tertiary/aromatic N) is 5. The van der Waals surface area contributed by atoms with Gasteiger partial charge in [0.1, 0.15) is 12.4 Å². The zero-order valence-electron chi connectivity index (χ0n) is 18.5. The van der Waals surface area contributed by atoms with Crippen LogP contribution in [0.5, 0.6) is 0 Å². The maximum Gasteiger partial charge on any atom is 0.415 e. The minimum absolute atomic E-state index is 0.0405. The number of amides is 1. The number of carbonyl (C=O) groups excluding carboxylic acids is 1. The standard InChI is InChI=1S/C23H28N6O2/c1-14(2)19-13-31-23(30)28(19)20-11-12-24-22(26-20)25-15(3)21-16(4)27-29(17(21)5)18-9-7-6-8-10-18/h6-12,14-15,19H,13H2,1-5H3,(H,24,25,26)/t15?,19-/m1/s1. The number of nitrogens with one attached hydrogen (secondary N) is 1. The van der Waals surface area contributed by atoms with E-state index >= 15 is 0 Å². The lowest BCUT2D eigenvalue weighted by molar-refractivity contribution is 0.177. The van der Waals surface area contributed by atoms with Crippen molar-refractivity contribution in [2.75, 3.05) is 16.8 Å². The highest BCUT2D eigenvalue weighted by atomic mass is 16.6. The van der Waals surface area contributed by atoms with Crippen LogP contribution in [0.1, 0.15) is 43.8 Å². The van der Waals surface area contributed by atoms with Gasteiger partial charge in [-0.15, -0.1) is 0 Å². The molecule has 0 spiro atoms. The Morgan fingerprint density at radius 1 is 1.13 bits per heavy atom. The Morgan fingerprint density at radius 2 is 1.87 bits per heavy atom. The zero-order valence-corrected chi connectivity index (χ0v) is 18.5. The van der Waals surface area contributed by atoms with Gasteiger partial charge in [-0.2, -0.15) is 10.1 Å². The van der Waals surface area contributed by atoms with Crippen LogP contribution in [0.2, 0.25) is 0 Å². The first kappa shape index (κ1) is 20.8. The molecular weight excluding hydrogens is 392 g/mol. The van der Waals surface area contributed by atoms with Gasteiger partial charge in [0.25, 0.3) is 0 Å². The molecule has 0 bridgehead atoms. The molecule has 1 N–H and O–H groups in total. The fraction of sp³-hybridized carbons (Fsp3) is 0.391. The molecule has 2 aromatic heterocycles. The van der Waals surface area contributed by atoms with E-state index in [1.807, 2.05) is 41.9 Å². The first-order valence-corrected chi connectivity index (χ1v) is 10.5. The zero-order chi connectivity index (χ0) is 22.1. The number of ether oxygens (including phenoxy) is 1. The summed E-state index contributed by atoms with van der Waals surface area (Å²) < 4.78 is 7.21. The molecule has 1 aliphatic heterocycles. The van der Waals surface area contributed by atoms with Gasteiger partial charge in [0.15, 0.2) is 0 Å². The van der Waals surface area contributed by atoms with E-state index in [1.165, 1.54) is 0 Å². The Kier molecular flexibility index (Phi) is 5.63. The summed E-state index contributed by atoms with van der Waals surface area (Å²) in [5, 5.41) is 8.10. The summed E-state index contributed by atoms with van der Waals surface area (Å²) >= 11 is 0. The van der Waals surface area contributed by atoms with E-state index in [-0.39, 0.29) is 24.1 Å². The lowest BCUT2D eigenvalue weighted by Crippen LogP contribution is -2.37. The van der Waals surface area contributed by atoms with Gasteiger partial charge in [0.2, 0.25) is 5.95 Å². The molecule has 0 saturated carbocycles. The van der Waals surface area contributed by atoms with Crippen molar-refractivity contribution in [3.8, 4) is 5.69 Å². The molecule has 1 aromatic carbocycles. The third-order valence-electron chi connectivity index (χ3n) is 5.69. The van der Waals surface area contributed by atoms with Crippen molar-refractivity contribution in [2.45, 2.75) is 46.7 Å². The molecular formula is C23H28N6O2. The highest BCUT2D eigenvalue weighted by molar-refractivity contribution is 5.89. The first-order chi connectivity index (χ1) is 14.9. The largest absolute Gasteiger partial charge is 0.447 e. The Hall–Kier alpha value is -3.42. The molecule has 4 rings (SSSR count). The van der Waals surface area contributed by atoms with Crippen LogP contribution in [0.4, 0.5) is 16.6 Å². The Labute approximate surface area is 182 Å². The van der Waals surface area contributed by atoms with Crippen LogP contribution in [0.25, 0.3) is 5.69 Å². The maximum absolute atomic E-state index is 12.3. The Balaban J connectivity index is 1.59. The van der Waals surface area contributed by atoms with Gasteiger partial charge in [-0.3, -0.25) is 4.90 Å². The second-order valence-corrected chi connectivity index (χ2v) is 8.19. The van der Waals surface area contributed by atoms with Crippen LogP contribution in [0, 0.1) is 19.8 Å². The van der Waals surface area contributed by atoms with E-state index in [0.29, 0.717) is 18.4 Å². The lowest BCUT2D eigenvalue weighted by atomic mass is 10.0. The van der Waals surface area contributed by atoms with Crippen molar-refractivity contribution in [1.82, 2.24) is 19.7 Å². The van der Waals surface area contributed by atoms with Gasteiger partial charge < -0.3 is 10.1 Å². The second kappa shape index (κ2) is 8.37. The summed E-state index contributed by atoms with van der Waals surface area (Å²) in [6.45, 7) is 10.6. The topological polar surface area (TPSA) is 85.2 Å². The number of rotatable bonds is 6. The average Bonchev–Trinajstić information content (AvgIpc) is 3.28. The number of para-hydroxylation sites is 1. The van der Waals surface area contributed by atoms with Crippen molar-refractivity contribution in [1.29, 1.82) is 0 Å². The van der Waals surface area contributed by atoms with Crippen molar-refractivity contribution >= 4 is 17.9 Å². The number of aryl methyl sites for hydroxylation is 1. The maximum atomic E-state index is 12.3. The summed E-state index contributed by atoms with van der Waals surface area (Å²) in [5.41, 5.74) is 4.12. The van der Waals surface area contributed by atoms with Gasteiger partial charge in [-0.25, -0.2) is 14.5 Å². The fourth-order valence-electron chi connectivity index (χ4n) is 4.11. The molecule has 0 radical (unpaired) electrons. The first-order valence-electron chi connectivity index (χ1n) is 10.5. The highest BCUT2D eigenvalue weighted by Crippen LogP contribution is 2.28. The molecule has 31 heavy (non-hydrogen) atoms. The Bertz CT molecular complexity index is 1080. The SMILES string of the molecule is Cc1nn(-c2ccccc2)c(C)c1C(C)Nc1nccc(N2C(=O)OC[C@@H]2C(C)C)n1. The minimum atomic E-state index is -0.368. The van der Waals surface area contributed by atoms with Gasteiger partial charge in [0, 0.05) is 17.5 Å². The summed E-state index contributed by atoms with van der Waals surface area (Å²) in [6.07, 6.45) is 1.29. The van der Waals surface area contributed by atoms with Crippen LogP contribution >= 0.6 is 0 Å². The van der Waals surface area contributed by atoms with Gasteiger partial charge in [-0.05, 0) is 44.9 Å². The van der Waals surface area contributed by atoms with Crippen molar-refractivity contribution < 1.29 is 9.53 Å². The molecule has 1 saturated heterocycles. The average molecular weight is 421 g/mol. The van der Waals surface area contributed by atoms with Gasteiger partial charge in [0.05, 0.1) is 23.5 Å². The molecule has 1 fully saturated rings. The molecule has 8 heteroatoms. The van der Waals surface area contributed by atoms with Crippen LogP contribution < -0.4 is 10.2 Å². The molecule has 1 aliphatic rings. The molecule has 2 atom stereocenters. The fourth-order valence-corrected chi connectivity index (χ4v) is 4.11. The normalized spacial score (nSPS) is 17.2. The molecule has 1 unspecified atom stereocenters. The van der Waals surface area contributed by atoms with Crippen molar-refractivity contribution in [3.05, 3.63) is 59.5 Å². The van der Waals surface area contributed by atoms with Crippen LogP contribution in [0.3, 0.4) is 0 Å². The van der Waals surface area contributed by atoms with E-state index in [9.17, 15) is 4.79 Å². The molecule has 0 aliphatic carbocycles. The van der Waals surface area contributed by atoms with Crippen molar-refractivity contribution in [2.24, 2.45) is 5.92 Å². The van der Waals surface area contributed by atoms with Crippen LogP contribution in [-0.4, -0.2) is 38.5 Å². The van der Waals surface area contributed by atoms with Crippen LogP contribution in [-0.2, 0) is 4.74 Å².